The molecule has 2 atom stereocenters. The first-order valence-corrected chi connectivity index (χ1v) is 12.6. The highest BCUT2D eigenvalue weighted by molar-refractivity contribution is 7.89. The zero-order chi connectivity index (χ0) is 23.8. The molecule has 0 aliphatic heterocycles. The summed E-state index contributed by atoms with van der Waals surface area (Å²) in [6, 6.07) is 27.7. The van der Waals surface area contributed by atoms with Gasteiger partial charge in [0.15, 0.2) is 0 Å². The second kappa shape index (κ2) is 11.2. The van der Waals surface area contributed by atoms with Gasteiger partial charge in [-0.05, 0) is 36.1 Å². The summed E-state index contributed by atoms with van der Waals surface area (Å²) in [6.07, 6.45) is 0. The van der Waals surface area contributed by atoms with E-state index in [1.165, 1.54) is 0 Å². The van der Waals surface area contributed by atoms with Gasteiger partial charge in [0.1, 0.15) is 6.04 Å². The van der Waals surface area contributed by atoms with E-state index in [4.69, 9.17) is 0 Å². The van der Waals surface area contributed by atoms with Crippen molar-refractivity contribution in [1.82, 2.24) is 9.62 Å². The van der Waals surface area contributed by atoms with Crippen LogP contribution in [0.4, 0.5) is 0 Å². The molecule has 0 aromatic heterocycles. The molecule has 0 radical (unpaired) electrons. The molecular weight excluding hydrogens is 430 g/mol. The molecule has 0 amide bonds. The Morgan fingerprint density at radius 2 is 1.33 bits per heavy atom. The van der Waals surface area contributed by atoms with Crippen LogP contribution in [0, 0.1) is 24.2 Å². The van der Waals surface area contributed by atoms with Crippen molar-refractivity contribution in [3.05, 3.63) is 102 Å². The lowest BCUT2D eigenvalue weighted by molar-refractivity contribution is 0.123. The molecule has 172 valence electrons. The fraction of sp³-hybridized carbons (Fsp3) is 0.296. The highest BCUT2D eigenvalue weighted by atomic mass is 32.2. The van der Waals surface area contributed by atoms with Crippen LogP contribution in [0.15, 0.2) is 89.8 Å². The van der Waals surface area contributed by atoms with Gasteiger partial charge in [0.05, 0.1) is 11.0 Å². The predicted molar refractivity (Wildman–Crippen MR) is 132 cm³/mol. The van der Waals surface area contributed by atoms with E-state index in [0.717, 1.165) is 16.7 Å². The maximum Gasteiger partial charge on any atom is 0.241 e. The minimum Gasteiger partial charge on any atom is -0.289 e. The van der Waals surface area contributed by atoms with Gasteiger partial charge in [-0.15, -0.1) is 0 Å². The quantitative estimate of drug-likeness (QED) is 0.466. The maximum absolute atomic E-state index is 13.1. The summed E-state index contributed by atoms with van der Waals surface area (Å²) in [5, 5.41) is 10.1. The number of nitrogens with one attached hydrogen (secondary N) is 1. The molecule has 0 bridgehead atoms. The molecule has 0 saturated heterocycles. The highest BCUT2D eigenvalue weighted by Gasteiger charge is 2.34. The van der Waals surface area contributed by atoms with Crippen molar-refractivity contribution in [2.24, 2.45) is 5.92 Å². The van der Waals surface area contributed by atoms with E-state index < -0.39 is 16.1 Å². The standard InChI is InChI=1S/C27H31N3O2S/c1-21(2)27(26(18-28)29-33(31,32)25-16-14-22(3)15-17-25)30(19-23-10-6-4-7-11-23)20-24-12-8-5-9-13-24/h4-17,21,26-27,29H,19-20H2,1-3H3/t26-,27-/m0/s1. The Bertz CT molecular complexity index is 1110. The second-order valence-electron chi connectivity index (χ2n) is 8.65. The molecule has 3 aromatic rings. The number of sulfonamides is 1. The van der Waals surface area contributed by atoms with E-state index in [9.17, 15) is 13.7 Å². The van der Waals surface area contributed by atoms with Crippen LogP contribution in [0.5, 0.6) is 0 Å². The van der Waals surface area contributed by atoms with E-state index in [1.807, 2.05) is 81.4 Å². The monoisotopic (exact) mass is 461 g/mol. The van der Waals surface area contributed by atoms with Crippen LogP contribution in [0.1, 0.15) is 30.5 Å². The molecule has 5 nitrogen and oxygen atoms in total. The van der Waals surface area contributed by atoms with Gasteiger partial charge in [0.25, 0.3) is 0 Å². The van der Waals surface area contributed by atoms with Crippen molar-refractivity contribution >= 4 is 10.0 Å². The van der Waals surface area contributed by atoms with Crippen LogP contribution in [0.25, 0.3) is 0 Å². The third kappa shape index (κ3) is 6.75. The number of benzene rings is 3. The molecule has 0 fully saturated rings. The molecule has 0 aliphatic carbocycles. The Balaban J connectivity index is 1.94. The molecule has 0 spiro atoms. The van der Waals surface area contributed by atoms with Gasteiger partial charge in [-0.3, -0.25) is 4.90 Å². The summed E-state index contributed by atoms with van der Waals surface area (Å²) in [4.78, 5) is 2.36. The molecule has 3 rings (SSSR count). The topological polar surface area (TPSA) is 73.2 Å². The molecule has 0 heterocycles. The van der Waals surface area contributed by atoms with E-state index in [0.29, 0.717) is 13.1 Å². The summed E-state index contributed by atoms with van der Waals surface area (Å²) in [7, 11) is -3.85. The van der Waals surface area contributed by atoms with Crippen molar-refractivity contribution in [3.8, 4) is 6.07 Å². The van der Waals surface area contributed by atoms with Crippen molar-refractivity contribution < 1.29 is 8.42 Å². The van der Waals surface area contributed by atoms with Crippen LogP contribution in [0.2, 0.25) is 0 Å². The summed E-state index contributed by atoms with van der Waals surface area (Å²) >= 11 is 0. The zero-order valence-electron chi connectivity index (χ0n) is 19.3. The van der Waals surface area contributed by atoms with Crippen LogP contribution < -0.4 is 4.72 Å². The van der Waals surface area contributed by atoms with Crippen LogP contribution >= 0.6 is 0 Å². The molecule has 1 N–H and O–H groups in total. The second-order valence-corrected chi connectivity index (χ2v) is 10.4. The van der Waals surface area contributed by atoms with Crippen molar-refractivity contribution in [3.63, 3.8) is 0 Å². The fourth-order valence-electron chi connectivity index (χ4n) is 4.04. The van der Waals surface area contributed by atoms with Gasteiger partial charge in [-0.2, -0.15) is 9.98 Å². The lowest BCUT2D eigenvalue weighted by Gasteiger charge is -2.37. The Morgan fingerprint density at radius 1 is 0.848 bits per heavy atom. The van der Waals surface area contributed by atoms with Gasteiger partial charge in [-0.25, -0.2) is 8.42 Å². The Morgan fingerprint density at radius 3 is 1.76 bits per heavy atom. The number of aryl methyl sites for hydroxylation is 1. The van der Waals surface area contributed by atoms with Gasteiger partial charge in [0.2, 0.25) is 10.0 Å². The highest BCUT2D eigenvalue weighted by Crippen LogP contribution is 2.23. The number of nitriles is 1. The van der Waals surface area contributed by atoms with Crippen LogP contribution in [-0.4, -0.2) is 25.4 Å². The lowest BCUT2D eigenvalue weighted by atomic mass is 9.94. The first kappa shape index (κ1) is 24.7. The fourth-order valence-corrected chi connectivity index (χ4v) is 5.20. The third-order valence-electron chi connectivity index (χ3n) is 5.66. The average Bonchev–Trinajstić information content (AvgIpc) is 2.80. The van der Waals surface area contributed by atoms with Gasteiger partial charge in [-0.1, -0.05) is 92.2 Å². The first-order chi connectivity index (χ1) is 15.8. The van der Waals surface area contributed by atoms with E-state index in [2.05, 4.69) is 15.7 Å². The summed E-state index contributed by atoms with van der Waals surface area (Å²) < 4.78 is 28.9. The molecule has 0 saturated carbocycles. The van der Waals surface area contributed by atoms with Gasteiger partial charge in [0, 0.05) is 19.1 Å². The molecule has 3 aromatic carbocycles. The lowest BCUT2D eigenvalue weighted by Crippen LogP contribution is -2.53. The van der Waals surface area contributed by atoms with Gasteiger partial charge < -0.3 is 0 Å². The average molecular weight is 462 g/mol. The number of hydrogen-bond donors (Lipinski definition) is 1. The first-order valence-electron chi connectivity index (χ1n) is 11.1. The van der Waals surface area contributed by atoms with E-state index >= 15 is 0 Å². The number of nitrogens with zero attached hydrogens (tertiary/aromatic N) is 2. The normalized spacial score (nSPS) is 13.6. The number of hydrogen-bond acceptors (Lipinski definition) is 4. The zero-order valence-corrected chi connectivity index (χ0v) is 20.2. The molecule has 33 heavy (non-hydrogen) atoms. The van der Waals surface area contributed by atoms with Crippen LogP contribution in [-0.2, 0) is 23.1 Å². The minimum absolute atomic E-state index is 0.0304. The Hall–Kier alpha value is -2.98. The SMILES string of the molecule is Cc1ccc(S(=O)(=O)N[C@@H](C#N)[C@H](C(C)C)N(Cc2ccccc2)Cc2ccccc2)cc1. The molecule has 0 unspecified atom stereocenters. The number of rotatable bonds is 10. The molecule has 6 heteroatoms. The largest absolute Gasteiger partial charge is 0.289 e. The van der Waals surface area contributed by atoms with Crippen molar-refractivity contribution in [2.75, 3.05) is 0 Å². The Kier molecular flexibility index (Phi) is 8.40. The summed E-state index contributed by atoms with van der Waals surface area (Å²) in [6.45, 7) is 7.16. The summed E-state index contributed by atoms with van der Waals surface area (Å²) in [5.74, 6) is 0.0304. The van der Waals surface area contributed by atoms with Gasteiger partial charge >= 0.3 is 0 Å². The Labute approximate surface area is 197 Å². The smallest absolute Gasteiger partial charge is 0.241 e. The van der Waals surface area contributed by atoms with E-state index in [-0.39, 0.29) is 16.9 Å². The third-order valence-corrected chi connectivity index (χ3v) is 7.11. The molecule has 0 aliphatic rings. The summed E-state index contributed by atoms with van der Waals surface area (Å²) in [5.41, 5.74) is 3.19. The van der Waals surface area contributed by atoms with Crippen molar-refractivity contribution in [2.45, 2.75) is 50.8 Å². The van der Waals surface area contributed by atoms with Crippen molar-refractivity contribution in [1.29, 1.82) is 5.26 Å². The van der Waals surface area contributed by atoms with E-state index in [1.54, 1.807) is 24.3 Å². The van der Waals surface area contributed by atoms with Crippen LogP contribution in [0.3, 0.4) is 0 Å². The maximum atomic E-state index is 13.1. The molecular formula is C27H31N3O2S. The predicted octanol–water partition coefficient (Wildman–Crippen LogP) is 4.89. The minimum atomic E-state index is -3.85.